The number of sulfonamides is 1. The van der Waals surface area contributed by atoms with Gasteiger partial charge in [0.15, 0.2) is 0 Å². The molecule has 3 aromatic rings. The van der Waals surface area contributed by atoms with E-state index in [1.807, 2.05) is 38.1 Å². The number of para-hydroxylation sites is 1. The third-order valence-electron chi connectivity index (χ3n) is 4.35. The molecule has 0 saturated carbocycles. The summed E-state index contributed by atoms with van der Waals surface area (Å²) in [5, 5.41) is 1.55. The summed E-state index contributed by atoms with van der Waals surface area (Å²) in [7, 11) is -3.94. The second-order valence-corrected chi connectivity index (χ2v) is 10.3. The van der Waals surface area contributed by atoms with Crippen molar-refractivity contribution in [3.05, 3.63) is 42.5 Å². The summed E-state index contributed by atoms with van der Waals surface area (Å²) in [6, 6.07) is 11.2. The maximum atomic E-state index is 13.0. The molecule has 2 aromatic carbocycles. The van der Waals surface area contributed by atoms with Gasteiger partial charge in [-0.2, -0.15) is 4.72 Å². The van der Waals surface area contributed by atoms with Crippen LogP contribution in [0.5, 0.6) is 0 Å². The van der Waals surface area contributed by atoms with Crippen molar-refractivity contribution >= 4 is 37.9 Å². The molecule has 1 N–H and O–H groups in total. The Morgan fingerprint density at radius 2 is 1.72 bits per heavy atom. The van der Waals surface area contributed by atoms with Crippen LogP contribution in [0.15, 0.2) is 51.8 Å². The molecule has 0 aliphatic rings. The van der Waals surface area contributed by atoms with Gasteiger partial charge in [0.2, 0.25) is 10.0 Å². The molecule has 0 amide bonds. The molecule has 0 radical (unpaired) electrons. The lowest BCUT2D eigenvalue weighted by atomic mass is 10.0. The van der Waals surface area contributed by atoms with Gasteiger partial charge in [0.05, 0.1) is 4.90 Å². The zero-order valence-corrected chi connectivity index (χ0v) is 18.2. The third-order valence-corrected chi connectivity index (χ3v) is 5.82. The molecule has 0 aliphatic heterocycles. The molecule has 29 heavy (non-hydrogen) atoms. The van der Waals surface area contributed by atoms with Crippen molar-refractivity contribution in [1.29, 1.82) is 0 Å². The fourth-order valence-electron chi connectivity index (χ4n) is 3.16. The van der Waals surface area contributed by atoms with Gasteiger partial charge in [0.25, 0.3) is 0 Å². The highest BCUT2D eigenvalue weighted by molar-refractivity contribution is 7.89. The smallest absolute Gasteiger partial charge is 0.324 e. The number of ether oxygens (including phenoxy) is 1. The first kappa shape index (κ1) is 21.3. The summed E-state index contributed by atoms with van der Waals surface area (Å²) in [5.41, 5.74) is 0.597. The minimum Gasteiger partial charge on any atom is -0.459 e. The molecule has 1 atom stereocenters. The van der Waals surface area contributed by atoms with Crippen LogP contribution in [0.1, 0.15) is 41.0 Å². The van der Waals surface area contributed by atoms with Crippen molar-refractivity contribution < 1.29 is 22.4 Å². The number of carbonyl (C=O) groups is 1. The molecule has 1 heterocycles. The van der Waals surface area contributed by atoms with Gasteiger partial charge in [-0.1, -0.05) is 32.0 Å². The molecule has 3 rings (SSSR count). The van der Waals surface area contributed by atoms with E-state index in [0.29, 0.717) is 23.0 Å². The fourth-order valence-corrected chi connectivity index (χ4v) is 4.39. The van der Waals surface area contributed by atoms with Gasteiger partial charge in [-0.15, -0.1) is 0 Å². The molecule has 156 valence electrons. The number of carbonyl (C=O) groups excluding carboxylic acids is 1. The van der Waals surface area contributed by atoms with Crippen LogP contribution in [-0.4, -0.2) is 26.0 Å². The molecule has 0 fully saturated rings. The molecule has 7 heteroatoms. The van der Waals surface area contributed by atoms with E-state index in [9.17, 15) is 13.2 Å². The van der Waals surface area contributed by atoms with E-state index in [0.717, 1.165) is 5.39 Å². The Hall–Kier alpha value is -2.38. The van der Waals surface area contributed by atoms with Gasteiger partial charge in [-0.05, 0) is 57.4 Å². The van der Waals surface area contributed by atoms with Crippen molar-refractivity contribution in [2.24, 2.45) is 5.92 Å². The Balaban J connectivity index is 1.95. The highest BCUT2D eigenvalue weighted by Crippen LogP contribution is 2.30. The minimum absolute atomic E-state index is 0.0777. The number of esters is 1. The van der Waals surface area contributed by atoms with Crippen LogP contribution in [0.25, 0.3) is 21.9 Å². The average molecular weight is 418 g/mol. The van der Waals surface area contributed by atoms with Crippen LogP contribution in [0, 0.1) is 5.92 Å². The van der Waals surface area contributed by atoms with Crippen LogP contribution >= 0.6 is 0 Å². The van der Waals surface area contributed by atoms with E-state index >= 15 is 0 Å². The van der Waals surface area contributed by atoms with Crippen molar-refractivity contribution in [2.75, 3.05) is 0 Å². The van der Waals surface area contributed by atoms with Crippen molar-refractivity contribution in [3.63, 3.8) is 0 Å². The molecule has 0 spiro atoms. The van der Waals surface area contributed by atoms with E-state index in [4.69, 9.17) is 9.15 Å². The highest BCUT2D eigenvalue weighted by Gasteiger charge is 2.30. The number of nitrogens with one attached hydrogen (secondary N) is 1. The molecule has 0 saturated heterocycles. The van der Waals surface area contributed by atoms with Crippen molar-refractivity contribution in [2.45, 2.75) is 57.6 Å². The predicted octanol–water partition coefficient (Wildman–Crippen LogP) is 4.62. The lowest BCUT2D eigenvalue weighted by Crippen LogP contribution is -2.44. The predicted molar refractivity (Wildman–Crippen MR) is 113 cm³/mol. The standard InChI is InChI=1S/C22H27NO5S/c1-14(2)12-18(21(24)28-22(3,4)5)23-29(25,26)15-10-11-20-17(13-15)16-8-6-7-9-19(16)27-20/h6-11,13-14,18,23H,12H2,1-5H3/t18-/m0/s1. The number of fused-ring (bicyclic) bond motifs is 3. The van der Waals surface area contributed by atoms with Gasteiger partial charge in [-0.25, -0.2) is 8.42 Å². The van der Waals surface area contributed by atoms with Crippen molar-refractivity contribution in [3.8, 4) is 0 Å². The summed E-state index contributed by atoms with van der Waals surface area (Å²) in [4.78, 5) is 12.7. The normalized spacial score (nSPS) is 13.9. The highest BCUT2D eigenvalue weighted by atomic mass is 32.2. The van der Waals surface area contributed by atoms with E-state index in [-0.39, 0.29) is 10.8 Å². The lowest BCUT2D eigenvalue weighted by molar-refractivity contribution is -0.157. The molecule has 6 nitrogen and oxygen atoms in total. The molecule has 0 bridgehead atoms. The zero-order chi connectivity index (χ0) is 21.4. The van der Waals surface area contributed by atoms with Gasteiger partial charge in [0.1, 0.15) is 22.8 Å². The Morgan fingerprint density at radius 3 is 2.38 bits per heavy atom. The Morgan fingerprint density at radius 1 is 1.07 bits per heavy atom. The number of hydrogen-bond acceptors (Lipinski definition) is 5. The maximum absolute atomic E-state index is 13.0. The zero-order valence-electron chi connectivity index (χ0n) is 17.4. The molecule has 0 aliphatic carbocycles. The lowest BCUT2D eigenvalue weighted by Gasteiger charge is -2.25. The summed E-state index contributed by atoms with van der Waals surface area (Å²) < 4.78 is 39.8. The first-order chi connectivity index (χ1) is 13.5. The van der Waals surface area contributed by atoms with Gasteiger partial charge in [-0.3, -0.25) is 4.79 Å². The number of rotatable bonds is 6. The van der Waals surface area contributed by atoms with Crippen LogP contribution in [0.3, 0.4) is 0 Å². The quantitative estimate of drug-likeness (QED) is 0.592. The fraction of sp³-hybridized carbons (Fsp3) is 0.409. The molecular weight excluding hydrogens is 390 g/mol. The van der Waals surface area contributed by atoms with Crippen LogP contribution < -0.4 is 4.72 Å². The van der Waals surface area contributed by atoms with E-state index in [1.165, 1.54) is 6.07 Å². The molecular formula is C22H27NO5S. The molecule has 0 unspecified atom stereocenters. The van der Waals surface area contributed by atoms with E-state index in [2.05, 4.69) is 4.72 Å². The van der Waals surface area contributed by atoms with E-state index < -0.39 is 27.6 Å². The second kappa shape index (κ2) is 7.80. The summed E-state index contributed by atoms with van der Waals surface area (Å²) in [5.74, 6) is -0.472. The van der Waals surface area contributed by atoms with Gasteiger partial charge < -0.3 is 9.15 Å². The van der Waals surface area contributed by atoms with Crippen LogP contribution in [0.2, 0.25) is 0 Å². The summed E-state index contributed by atoms with van der Waals surface area (Å²) in [6.45, 7) is 9.11. The minimum atomic E-state index is -3.94. The first-order valence-corrected chi connectivity index (χ1v) is 11.1. The Labute approximate surface area is 171 Å². The number of furan rings is 1. The SMILES string of the molecule is CC(C)C[C@H](NS(=O)(=O)c1ccc2oc3ccccc3c2c1)C(=O)OC(C)(C)C. The van der Waals surface area contributed by atoms with Gasteiger partial charge >= 0.3 is 5.97 Å². The Kier molecular flexibility index (Phi) is 5.74. The average Bonchev–Trinajstić information content (AvgIpc) is 2.97. The summed E-state index contributed by atoms with van der Waals surface area (Å²) in [6.07, 6.45) is 0.338. The third kappa shape index (κ3) is 4.97. The first-order valence-electron chi connectivity index (χ1n) is 9.63. The van der Waals surface area contributed by atoms with Crippen LogP contribution in [-0.2, 0) is 19.6 Å². The van der Waals surface area contributed by atoms with E-state index in [1.54, 1.807) is 32.9 Å². The maximum Gasteiger partial charge on any atom is 0.324 e. The number of benzene rings is 2. The summed E-state index contributed by atoms with van der Waals surface area (Å²) >= 11 is 0. The number of hydrogen-bond donors (Lipinski definition) is 1. The Bertz CT molecular complexity index is 1140. The monoisotopic (exact) mass is 417 g/mol. The molecule has 1 aromatic heterocycles. The van der Waals surface area contributed by atoms with Gasteiger partial charge in [0, 0.05) is 10.8 Å². The van der Waals surface area contributed by atoms with Crippen molar-refractivity contribution in [1.82, 2.24) is 4.72 Å². The second-order valence-electron chi connectivity index (χ2n) is 8.59. The topological polar surface area (TPSA) is 85.6 Å². The largest absolute Gasteiger partial charge is 0.459 e. The van der Waals surface area contributed by atoms with Crippen LogP contribution in [0.4, 0.5) is 0 Å².